The van der Waals surface area contributed by atoms with E-state index in [0.717, 1.165) is 0 Å². The monoisotopic (exact) mass is 299 g/mol. The number of rotatable bonds is 3. The summed E-state index contributed by atoms with van der Waals surface area (Å²) < 4.78 is 6.10. The molecule has 1 heterocycles. The van der Waals surface area contributed by atoms with Crippen LogP contribution in [0.2, 0.25) is 0 Å². The van der Waals surface area contributed by atoms with Crippen molar-refractivity contribution in [1.82, 2.24) is 4.57 Å². The number of carbonyl (C=O) groups is 2. The zero-order valence-electron chi connectivity index (χ0n) is 12.0. The molecule has 2 aromatic rings. The van der Waals surface area contributed by atoms with Gasteiger partial charge in [0.05, 0.1) is 23.9 Å². The lowest BCUT2D eigenvalue weighted by Gasteiger charge is -2.10. The number of hydrogen-bond acceptors (Lipinski definition) is 5. The molecule has 1 aromatic heterocycles. The van der Waals surface area contributed by atoms with Crippen LogP contribution in [-0.2, 0) is 4.74 Å². The largest absolute Gasteiger partial charge is 0.478 e. The summed E-state index contributed by atoms with van der Waals surface area (Å²) in [4.78, 5) is 22.9. The van der Waals surface area contributed by atoms with E-state index in [-0.39, 0.29) is 22.5 Å². The van der Waals surface area contributed by atoms with Gasteiger partial charge in [0.25, 0.3) is 0 Å². The van der Waals surface area contributed by atoms with Crippen LogP contribution in [0, 0.1) is 18.3 Å². The van der Waals surface area contributed by atoms with E-state index in [4.69, 9.17) is 16.1 Å². The number of hydrogen-bond donors (Lipinski definition) is 2. The number of aromatic carboxylic acids is 1. The van der Waals surface area contributed by atoms with Gasteiger partial charge in [0.1, 0.15) is 6.07 Å². The molecule has 0 unspecified atom stereocenters. The second kappa shape index (κ2) is 5.61. The van der Waals surface area contributed by atoms with Crippen LogP contribution in [0.15, 0.2) is 24.4 Å². The molecule has 0 bridgehead atoms. The van der Waals surface area contributed by atoms with Crippen LogP contribution in [0.4, 0.5) is 5.69 Å². The second-order valence-corrected chi connectivity index (χ2v) is 4.58. The van der Waals surface area contributed by atoms with Gasteiger partial charge in [-0.1, -0.05) is 0 Å². The molecule has 7 heteroatoms. The Kier molecular flexibility index (Phi) is 3.86. The predicted octanol–water partition coefficient (Wildman–Crippen LogP) is 1.72. The van der Waals surface area contributed by atoms with Gasteiger partial charge in [0.2, 0.25) is 0 Å². The smallest absolute Gasteiger partial charge is 0.357 e. The number of nitrogens with two attached hydrogens (primary N) is 1. The Morgan fingerprint density at radius 1 is 1.41 bits per heavy atom. The topological polar surface area (TPSA) is 118 Å². The fraction of sp³-hybridized carbons (Fsp3) is 0.133. The number of carboxylic acids is 1. The van der Waals surface area contributed by atoms with E-state index in [0.29, 0.717) is 11.3 Å². The molecular formula is C15H13N3O4. The van der Waals surface area contributed by atoms with Gasteiger partial charge in [-0.3, -0.25) is 0 Å². The number of carboxylic acid groups (broad SMARTS) is 1. The third kappa shape index (κ3) is 2.38. The maximum atomic E-state index is 11.9. The molecule has 112 valence electrons. The number of aromatic nitrogens is 1. The first kappa shape index (κ1) is 15.1. The number of benzene rings is 1. The molecule has 0 amide bonds. The van der Waals surface area contributed by atoms with Crippen molar-refractivity contribution in [2.45, 2.75) is 6.92 Å². The van der Waals surface area contributed by atoms with Crippen molar-refractivity contribution in [3.05, 3.63) is 46.8 Å². The summed E-state index contributed by atoms with van der Waals surface area (Å²) in [5.74, 6) is -1.72. The van der Waals surface area contributed by atoms with Crippen molar-refractivity contribution >= 4 is 17.6 Å². The number of ether oxygens (including phenoxy) is 1. The number of esters is 1. The minimum absolute atomic E-state index is 0.0225. The molecule has 3 N–H and O–H groups in total. The molecule has 0 saturated heterocycles. The van der Waals surface area contributed by atoms with Gasteiger partial charge in [0.15, 0.2) is 5.69 Å². The highest BCUT2D eigenvalue weighted by Crippen LogP contribution is 2.25. The zero-order chi connectivity index (χ0) is 16.4. The first-order chi connectivity index (χ1) is 10.4. The minimum Gasteiger partial charge on any atom is -0.478 e. The van der Waals surface area contributed by atoms with Crippen LogP contribution in [-0.4, -0.2) is 28.7 Å². The van der Waals surface area contributed by atoms with Crippen molar-refractivity contribution in [3.8, 4) is 11.8 Å². The Hall–Kier alpha value is -3.27. The number of carbonyl (C=O) groups excluding carboxylic acids is 1. The Bertz CT molecular complexity index is 815. The van der Waals surface area contributed by atoms with E-state index < -0.39 is 11.9 Å². The van der Waals surface area contributed by atoms with Crippen LogP contribution >= 0.6 is 0 Å². The van der Waals surface area contributed by atoms with Gasteiger partial charge in [-0.15, -0.1) is 0 Å². The Morgan fingerprint density at radius 2 is 2.09 bits per heavy atom. The molecule has 0 radical (unpaired) electrons. The zero-order valence-corrected chi connectivity index (χ0v) is 12.0. The first-order valence-corrected chi connectivity index (χ1v) is 6.24. The highest BCUT2D eigenvalue weighted by molar-refractivity contribution is 5.96. The molecule has 0 spiro atoms. The number of nitrogens with zero attached hydrogens (tertiary/aromatic N) is 2. The summed E-state index contributed by atoms with van der Waals surface area (Å²) in [6, 6.07) is 6.45. The van der Waals surface area contributed by atoms with Crippen LogP contribution in [0.5, 0.6) is 0 Å². The maximum Gasteiger partial charge on any atom is 0.357 e. The lowest BCUT2D eigenvalue weighted by Crippen LogP contribution is -2.11. The molecular weight excluding hydrogens is 286 g/mol. The SMILES string of the molecule is COC(=O)c1c(N)c(C#N)cn1-c1ccc(C(=O)O)c(C)c1. The lowest BCUT2D eigenvalue weighted by atomic mass is 10.1. The Morgan fingerprint density at radius 3 is 2.59 bits per heavy atom. The number of methoxy groups -OCH3 is 1. The number of anilines is 1. The van der Waals surface area contributed by atoms with Crippen LogP contribution < -0.4 is 5.73 Å². The van der Waals surface area contributed by atoms with E-state index in [1.54, 1.807) is 13.0 Å². The molecule has 22 heavy (non-hydrogen) atoms. The molecule has 0 fully saturated rings. The number of aryl methyl sites for hydroxylation is 1. The maximum absolute atomic E-state index is 11.9. The summed E-state index contributed by atoms with van der Waals surface area (Å²) in [6.07, 6.45) is 1.41. The highest BCUT2D eigenvalue weighted by Gasteiger charge is 2.22. The van der Waals surface area contributed by atoms with Gasteiger partial charge in [-0.25, -0.2) is 9.59 Å². The van der Waals surface area contributed by atoms with Crippen molar-refractivity contribution < 1.29 is 19.4 Å². The average molecular weight is 299 g/mol. The highest BCUT2D eigenvalue weighted by atomic mass is 16.5. The van der Waals surface area contributed by atoms with E-state index in [2.05, 4.69) is 4.74 Å². The normalized spacial score (nSPS) is 10.0. The van der Waals surface area contributed by atoms with Crippen molar-refractivity contribution in [3.63, 3.8) is 0 Å². The standard InChI is InChI=1S/C15H13N3O4/c1-8-5-10(3-4-11(8)14(19)20)18-7-9(6-16)12(17)13(18)15(21)22-2/h3-5,7H,17H2,1-2H3,(H,19,20). The molecule has 0 saturated carbocycles. The van der Waals surface area contributed by atoms with Crippen LogP contribution in [0.25, 0.3) is 5.69 Å². The summed E-state index contributed by atoms with van der Waals surface area (Å²) in [5, 5.41) is 18.1. The van der Waals surface area contributed by atoms with E-state index in [1.807, 2.05) is 6.07 Å². The summed E-state index contributed by atoms with van der Waals surface area (Å²) >= 11 is 0. The van der Waals surface area contributed by atoms with Crippen molar-refractivity contribution in [2.24, 2.45) is 0 Å². The molecule has 0 aliphatic heterocycles. The quantitative estimate of drug-likeness (QED) is 0.833. The van der Waals surface area contributed by atoms with Crippen LogP contribution in [0.1, 0.15) is 32.0 Å². The Balaban J connectivity index is 2.67. The molecule has 0 atom stereocenters. The number of nitriles is 1. The summed E-state index contributed by atoms with van der Waals surface area (Å²) in [7, 11) is 1.21. The van der Waals surface area contributed by atoms with Gasteiger partial charge in [0, 0.05) is 11.9 Å². The molecule has 0 aliphatic rings. The third-order valence-electron chi connectivity index (χ3n) is 3.26. The second-order valence-electron chi connectivity index (χ2n) is 4.58. The minimum atomic E-state index is -1.04. The van der Waals surface area contributed by atoms with E-state index in [9.17, 15) is 9.59 Å². The number of nitrogen functional groups attached to an aromatic ring is 1. The van der Waals surface area contributed by atoms with Crippen LogP contribution in [0.3, 0.4) is 0 Å². The average Bonchev–Trinajstić information content (AvgIpc) is 2.82. The first-order valence-electron chi connectivity index (χ1n) is 6.24. The Labute approximate surface area is 126 Å². The van der Waals surface area contributed by atoms with Gasteiger partial charge in [-0.05, 0) is 30.7 Å². The summed E-state index contributed by atoms with van der Waals surface area (Å²) in [5.41, 5.74) is 7.18. The fourth-order valence-electron chi connectivity index (χ4n) is 2.16. The van der Waals surface area contributed by atoms with Crippen molar-refractivity contribution in [2.75, 3.05) is 12.8 Å². The fourth-order valence-corrected chi connectivity index (χ4v) is 2.16. The molecule has 0 aliphatic carbocycles. The third-order valence-corrected chi connectivity index (χ3v) is 3.26. The molecule has 1 aromatic carbocycles. The van der Waals surface area contributed by atoms with Gasteiger partial charge < -0.3 is 20.1 Å². The molecule has 2 rings (SSSR count). The summed E-state index contributed by atoms with van der Waals surface area (Å²) in [6.45, 7) is 1.64. The van der Waals surface area contributed by atoms with E-state index >= 15 is 0 Å². The van der Waals surface area contributed by atoms with Gasteiger partial charge in [-0.2, -0.15) is 5.26 Å². The van der Waals surface area contributed by atoms with E-state index in [1.165, 1.54) is 30.0 Å². The lowest BCUT2D eigenvalue weighted by molar-refractivity contribution is 0.0592. The van der Waals surface area contributed by atoms with Gasteiger partial charge >= 0.3 is 11.9 Å². The molecule has 7 nitrogen and oxygen atoms in total. The van der Waals surface area contributed by atoms with Crippen molar-refractivity contribution in [1.29, 1.82) is 5.26 Å². The predicted molar refractivity (Wildman–Crippen MR) is 77.9 cm³/mol.